The van der Waals surface area contributed by atoms with E-state index in [1.807, 2.05) is 0 Å². The smallest absolute Gasteiger partial charge is 0.257 e. The molecule has 1 aliphatic heterocycles. The Bertz CT molecular complexity index is 935. The number of ether oxygens (including phenoxy) is 1. The van der Waals surface area contributed by atoms with E-state index in [0.717, 1.165) is 31.8 Å². The number of benzene rings is 2. The lowest BCUT2D eigenvalue weighted by atomic mass is 9.88. The molecule has 1 aromatic heterocycles. The second-order valence-electron chi connectivity index (χ2n) is 9.03. The lowest BCUT2D eigenvalue weighted by molar-refractivity contribution is -0.123. The molecule has 0 spiro atoms. The fraction of sp³-hybridized carbons (Fsp3) is 0.379. The fourth-order valence-corrected chi connectivity index (χ4v) is 4.80. The van der Waals surface area contributed by atoms with E-state index in [-0.39, 0.29) is 12.5 Å². The molecule has 34 heavy (non-hydrogen) atoms. The lowest BCUT2D eigenvalue weighted by Crippen LogP contribution is -2.37. The summed E-state index contributed by atoms with van der Waals surface area (Å²) in [5, 5.41) is 2.96. The summed E-state index contributed by atoms with van der Waals surface area (Å²) in [6.07, 6.45) is 9.16. The highest BCUT2D eigenvalue weighted by atomic mass is 16.5. The molecule has 1 N–H and O–H groups in total. The summed E-state index contributed by atoms with van der Waals surface area (Å²) in [5.41, 5.74) is 2.74. The Morgan fingerprint density at radius 3 is 2.24 bits per heavy atom. The van der Waals surface area contributed by atoms with E-state index in [4.69, 9.17) is 4.74 Å². The van der Waals surface area contributed by atoms with Gasteiger partial charge in [-0.2, -0.15) is 0 Å². The van der Waals surface area contributed by atoms with Crippen molar-refractivity contribution < 1.29 is 9.53 Å². The molecule has 0 saturated carbocycles. The second-order valence-corrected chi connectivity index (χ2v) is 9.03. The van der Waals surface area contributed by atoms with Crippen LogP contribution in [-0.4, -0.2) is 42.0 Å². The highest BCUT2D eigenvalue weighted by molar-refractivity contribution is 5.77. The van der Waals surface area contributed by atoms with E-state index >= 15 is 0 Å². The van der Waals surface area contributed by atoms with Crippen molar-refractivity contribution in [2.45, 2.75) is 38.1 Å². The van der Waals surface area contributed by atoms with Crippen LogP contribution < -0.4 is 10.1 Å². The van der Waals surface area contributed by atoms with Gasteiger partial charge in [-0.25, -0.2) is 0 Å². The number of aromatic nitrogens is 1. The molecule has 5 nitrogen and oxygen atoms in total. The maximum absolute atomic E-state index is 12.0. The number of unbranched alkanes of at least 4 members (excludes halogenated alkanes) is 1. The minimum absolute atomic E-state index is 0.0359. The molecule has 0 radical (unpaired) electrons. The van der Waals surface area contributed by atoms with E-state index in [1.165, 1.54) is 30.4 Å². The quantitative estimate of drug-likeness (QED) is 0.400. The predicted octanol–water partition coefficient (Wildman–Crippen LogP) is 5.25. The first-order valence-electron chi connectivity index (χ1n) is 12.4. The third kappa shape index (κ3) is 7.16. The molecule has 2 aromatic carbocycles. The van der Waals surface area contributed by atoms with Gasteiger partial charge in [-0.15, -0.1) is 0 Å². The molecule has 3 aromatic rings. The minimum atomic E-state index is -0.0787. The van der Waals surface area contributed by atoms with Gasteiger partial charge in [0, 0.05) is 12.7 Å². The number of amides is 1. The van der Waals surface area contributed by atoms with Gasteiger partial charge in [-0.1, -0.05) is 73.5 Å². The van der Waals surface area contributed by atoms with E-state index in [1.54, 1.807) is 24.5 Å². The number of carbonyl (C=O) groups is 1. The van der Waals surface area contributed by atoms with Gasteiger partial charge >= 0.3 is 0 Å². The maximum Gasteiger partial charge on any atom is 0.257 e. The van der Waals surface area contributed by atoms with Crippen molar-refractivity contribution in [2.75, 3.05) is 26.2 Å². The molecule has 1 fully saturated rings. The number of piperidine rings is 1. The van der Waals surface area contributed by atoms with E-state index in [0.29, 0.717) is 18.3 Å². The van der Waals surface area contributed by atoms with Crippen LogP contribution in [0.4, 0.5) is 0 Å². The molecule has 4 rings (SSSR count). The fourth-order valence-electron chi connectivity index (χ4n) is 4.80. The van der Waals surface area contributed by atoms with Gasteiger partial charge < -0.3 is 10.1 Å². The summed E-state index contributed by atoms with van der Waals surface area (Å²) in [6.45, 7) is 3.00. The SMILES string of the molecule is O=C(COc1cccnc1)NCCCCC1CCN(C(c2ccccc2)c2ccccc2)CC1. The third-order valence-electron chi connectivity index (χ3n) is 6.61. The molecule has 1 amide bonds. The van der Waals surface area contributed by atoms with Gasteiger partial charge in [0.1, 0.15) is 5.75 Å². The number of pyridine rings is 1. The van der Waals surface area contributed by atoms with Crippen LogP contribution in [0.5, 0.6) is 5.75 Å². The Morgan fingerprint density at radius 2 is 1.62 bits per heavy atom. The van der Waals surface area contributed by atoms with Crippen LogP contribution >= 0.6 is 0 Å². The molecule has 2 heterocycles. The van der Waals surface area contributed by atoms with Gasteiger partial charge in [-0.3, -0.25) is 14.7 Å². The topological polar surface area (TPSA) is 54.5 Å². The highest BCUT2D eigenvalue weighted by Crippen LogP contribution is 2.33. The number of rotatable bonds is 11. The molecule has 0 atom stereocenters. The molecule has 1 aliphatic rings. The van der Waals surface area contributed by atoms with Crippen LogP contribution in [-0.2, 0) is 4.79 Å². The number of carbonyl (C=O) groups excluding carboxylic acids is 1. The number of nitrogens with one attached hydrogen (secondary N) is 1. The second kappa shape index (κ2) is 12.9. The van der Waals surface area contributed by atoms with Gasteiger partial charge in [0.05, 0.1) is 12.2 Å². The number of nitrogens with zero attached hydrogens (tertiary/aromatic N) is 2. The lowest BCUT2D eigenvalue weighted by Gasteiger charge is -2.38. The summed E-state index contributed by atoms with van der Waals surface area (Å²) in [5.74, 6) is 1.31. The van der Waals surface area contributed by atoms with Crippen molar-refractivity contribution in [3.8, 4) is 5.75 Å². The summed E-state index contributed by atoms with van der Waals surface area (Å²) < 4.78 is 5.43. The Morgan fingerprint density at radius 1 is 0.941 bits per heavy atom. The molecule has 0 bridgehead atoms. The number of hydrogen-bond acceptors (Lipinski definition) is 4. The molecule has 1 saturated heterocycles. The molecule has 0 unspecified atom stereocenters. The molecular formula is C29H35N3O2. The van der Waals surface area contributed by atoms with Crippen LogP contribution in [0.3, 0.4) is 0 Å². The van der Waals surface area contributed by atoms with Crippen LogP contribution in [0.2, 0.25) is 0 Å². The summed E-state index contributed by atoms with van der Waals surface area (Å²) in [6, 6.07) is 25.7. The zero-order chi connectivity index (χ0) is 23.4. The Labute approximate surface area is 203 Å². The summed E-state index contributed by atoms with van der Waals surface area (Å²) >= 11 is 0. The Hall–Kier alpha value is -3.18. The number of likely N-dealkylation sites (tertiary alicyclic amines) is 1. The van der Waals surface area contributed by atoms with Gasteiger partial charge in [0.2, 0.25) is 0 Å². The average Bonchev–Trinajstić information content (AvgIpc) is 2.90. The van der Waals surface area contributed by atoms with Crippen molar-refractivity contribution in [3.05, 3.63) is 96.3 Å². The van der Waals surface area contributed by atoms with Crippen LogP contribution in [0, 0.1) is 5.92 Å². The van der Waals surface area contributed by atoms with Crippen molar-refractivity contribution in [2.24, 2.45) is 5.92 Å². The standard InChI is InChI=1S/C29H35N3O2/c33-28(23-34-27-15-9-18-30-22-27)31-19-8-7-10-24-16-20-32(21-17-24)29(25-11-3-1-4-12-25)26-13-5-2-6-14-26/h1-6,9,11-15,18,22,24,29H,7-8,10,16-17,19-21,23H2,(H,31,33). The minimum Gasteiger partial charge on any atom is -0.482 e. The first kappa shape index (κ1) is 24.0. The zero-order valence-electron chi connectivity index (χ0n) is 19.8. The van der Waals surface area contributed by atoms with Crippen LogP contribution in [0.1, 0.15) is 49.3 Å². The molecule has 178 valence electrons. The summed E-state index contributed by atoms with van der Waals surface area (Å²) in [7, 11) is 0. The monoisotopic (exact) mass is 457 g/mol. The first-order chi connectivity index (χ1) is 16.8. The largest absolute Gasteiger partial charge is 0.482 e. The van der Waals surface area contributed by atoms with E-state index < -0.39 is 0 Å². The molecular weight excluding hydrogens is 422 g/mol. The van der Waals surface area contributed by atoms with Gasteiger partial charge in [0.25, 0.3) is 5.91 Å². The van der Waals surface area contributed by atoms with Crippen LogP contribution in [0.15, 0.2) is 85.2 Å². The van der Waals surface area contributed by atoms with E-state index in [9.17, 15) is 4.79 Å². The van der Waals surface area contributed by atoms with Crippen molar-refractivity contribution in [1.29, 1.82) is 0 Å². The maximum atomic E-state index is 12.0. The van der Waals surface area contributed by atoms with Crippen molar-refractivity contribution in [1.82, 2.24) is 15.2 Å². The Balaban J connectivity index is 1.16. The van der Waals surface area contributed by atoms with E-state index in [2.05, 4.69) is 75.9 Å². The normalized spacial score (nSPS) is 14.7. The summed E-state index contributed by atoms with van der Waals surface area (Å²) in [4.78, 5) is 18.6. The first-order valence-corrected chi connectivity index (χ1v) is 12.4. The highest BCUT2D eigenvalue weighted by Gasteiger charge is 2.27. The third-order valence-corrected chi connectivity index (χ3v) is 6.61. The molecule has 5 heteroatoms. The van der Waals surface area contributed by atoms with Crippen molar-refractivity contribution >= 4 is 5.91 Å². The predicted molar refractivity (Wildman–Crippen MR) is 136 cm³/mol. The van der Waals surface area contributed by atoms with Gasteiger partial charge in [0.15, 0.2) is 6.61 Å². The molecule has 0 aliphatic carbocycles. The van der Waals surface area contributed by atoms with Gasteiger partial charge in [-0.05, 0) is 61.5 Å². The average molecular weight is 458 g/mol. The van der Waals surface area contributed by atoms with Crippen LogP contribution in [0.25, 0.3) is 0 Å². The zero-order valence-corrected chi connectivity index (χ0v) is 19.8. The van der Waals surface area contributed by atoms with Crippen molar-refractivity contribution in [3.63, 3.8) is 0 Å². The number of hydrogen-bond donors (Lipinski definition) is 1. The Kier molecular flexibility index (Phi) is 9.09.